The van der Waals surface area contributed by atoms with Crippen molar-refractivity contribution in [3.8, 4) is 10.6 Å². The molecular formula is C15H19N3O3S3. The fourth-order valence-corrected chi connectivity index (χ4v) is 6.25. The third kappa shape index (κ3) is 3.79. The number of rotatable bonds is 5. The van der Waals surface area contributed by atoms with Gasteiger partial charge in [-0.3, -0.25) is 4.79 Å². The standard InChI is InChI=1S/C15H19N3O3S3/c1-18(10-6-8-24(20,21)9-10)13(19)5-4-12-14(17-15(16)23-12)11-3-2-7-22-11/h2-3,7,10H,4-6,8-9H2,1H3,(H2,16,17). The lowest BCUT2D eigenvalue weighted by Gasteiger charge is -2.23. The quantitative estimate of drug-likeness (QED) is 0.850. The molecular weight excluding hydrogens is 366 g/mol. The summed E-state index contributed by atoms with van der Waals surface area (Å²) in [5.74, 6) is 0.202. The molecule has 1 amide bonds. The van der Waals surface area contributed by atoms with Crippen LogP contribution in [0.25, 0.3) is 10.6 Å². The molecule has 0 bridgehead atoms. The predicted octanol–water partition coefficient (Wildman–Crippen LogP) is 2.03. The van der Waals surface area contributed by atoms with E-state index in [-0.39, 0.29) is 23.5 Å². The fraction of sp³-hybridized carbons (Fsp3) is 0.467. The number of nitrogen functional groups attached to an aromatic ring is 1. The van der Waals surface area contributed by atoms with E-state index in [1.54, 1.807) is 23.3 Å². The lowest BCUT2D eigenvalue weighted by atomic mass is 10.1. The highest BCUT2D eigenvalue weighted by atomic mass is 32.2. The fourth-order valence-electron chi connectivity index (χ4n) is 2.83. The molecule has 0 spiro atoms. The Morgan fingerprint density at radius 3 is 2.92 bits per heavy atom. The van der Waals surface area contributed by atoms with Gasteiger partial charge in [0.1, 0.15) is 0 Å². The van der Waals surface area contributed by atoms with Crippen LogP contribution < -0.4 is 5.73 Å². The molecule has 2 aromatic rings. The summed E-state index contributed by atoms with van der Waals surface area (Å²) < 4.78 is 23.1. The van der Waals surface area contributed by atoms with Crippen LogP contribution >= 0.6 is 22.7 Å². The van der Waals surface area contributed by atoms with Crippen molar-refractivity contribution in [2.45, 2.75) is 25.3 Å². The number of thiophene rings is 1. The number of amides is 1. The molecule has 0 aliphatic carbocycles. The van der Waals surface area contributed by atoms with Gasteiger partial charge in [-0.15, -0.1) is 22.7 Å². The Morgan fingerprint density at radius 2 is 2.29 bits per heavy atom. The van der Waals surface area contributed by atoms with Crippen molar-refractivity contribution < 1.29 is 13.2 Å². The molecule has 1 aliphatic heterocycles. The van der Waals surface area contributed by atoms with Crippen LogP contribution in [0, 0.1) is 0 Å². The molecule has 9 heteroatoms. The highest BCUT2D eigenvalue weighted by Gasteiger charge is 2.32. The molecule has 24 heavy (non-hydrogen) atoms. The molecule has 0 saturated carbocycles. The van der Waals surface area contributed by atoms with E-state index >= 15 is 0 Å². The maximum absolute atomic E-state index is 12.4. The van der Waals surface area contributed by atoms with Gasteiger partial charge < -0.3 is 10.6 Å². The predicted molar refractivity (Wildman–Crippen MR) is 98.0 cm³/mol. The Balaban J connectivity index is 1.65. The van der Waals surface area contributed by atoms with Gasteiger partial charge in [-0.2, -0.15) is 0 Å². The average Bonchev–Trinajstić information content (AvgIpc) is 3.23. The smallest absolute Gasteiger partial charge is 0.222 e. The SMILES string of the molecule is CN(C(=O)CCc1sc(N)nc1-c1cccs1)C1CCS(=O)(=O)C1. The summed E-state index contributed by atoms with van der Waals surface area (Å²) in [6.07, 6.45) is 1.41. The van der Waals surface area contributed by atoms with E-state index in [2.05, 4.69) is 4.98 Å². The molecule has 2 N–H and O–H groups in total. The van der Waals surface area contributed by atoms with Crippen molar-refractivity contribution in [1.82, 2.24) is 9.88 Å². The minimum Gasteiger partial charge on any atom is -0.375 e. The minimum absolute atomic E-state index is 0.0406. The summed E-state index contributed by atoms with van der Waals surface area (Å²) >= 11 is 3.00. The lowest BCUT2D eigenvalue weighted by Crippen LogP contribution is -2.37. The van der Waals surface area contributed by atoms with Crippen LogP contribution in [0.4, 0.5) is 5.13 Å². The Kier molecular flexibility index (Phi) is 4.93. The van der Waals surface area contributed by atoms with Gasteiger partial charge in [-0.1, -0.05) is 6.07 Å². The Hall–Kier alpha value is -1.45. The highest BCUT2D eigenvalue weighted by Crippen LogP contribution is 2.33. The van der Waals surface area contributed by atoms with Crippen LogP contribution in [0.2, 0.25) is 0 Å². The summed E-state index contributed by atoms with van der Waals surface area (Å²) in [6, 6.07) is 3.74. The van der Waals surface area contributed by atoms with E-state index in [0.717, 1.165) is 15.4 Å². The van der Waals surface area contributed by atoms with Crippen LogP contribution in [-0.4, -0.2) is 48.8 Å². The van der Waals surface area contributed by atoms with Gasteiger partial charge >= 0.3 is 0 Å². The highest BCUT2D eigenvalue weighted by molar-refractivity contribution is 7.91. The minimum atomic E-state index is -2.99. The summed E-state index contributed by atoms with van der Waals surface area (Å²) in [7, 11) is -1.30. The zero-order chi connectivity index (χ0) is 17.3. The molecule has 2 aromatic heterocycles. The van der Waals surface area contributed by atoms with Crippen molar-refractivity contribution in [3.63, 3.8) is 0 Å². The molecule has 1 fully saturated rings. The summed E-state index contributed by atoms with van der Waals surface area (Å²) in [4.78, 5) is 20.4. The summed E-state index contributed by atoms with van der Waals surface area (Å²) in [5.41, 5.74) is 6.68. The monoisotopic (exact) mass is 385 g/mol. The maximum atomic E-state index is 12.4. The number of anilines is 1. The number of hydrogen-bond acceptors (Lipinski definition) is 7. The molecule has 3 heterocycles. The average molecular weight is 386 g/mol. The Bertz CT molecular complexity index is 828. The van der Waals surface area contributed by atoms with Gasteiger partial charge in [-0.25, -0.2) is 13.4 Å². The summed E-state index contributed by atoms with van der Waals surface area (Å²) in [6.45, 7) is 0. The van der Waals surface area contributed by atoms with E-state index in [1.807, 2.05) is 17.5 Å². The van der Waals surface area contributed by atoms with E-state index in [9.17, 15) is 13.2 Å². The molecule has 3 rings (SSSR count). The third-order valence-electron chi connectivity index (χ3n) is 4.18. The number of sulfone groups is 1. The van der Waals surface area contributed by atoms with Crippen molar-refractivity contribution in [2.75, 3.05) is 24.3 Å². The second-order valence-corrected chi connectivity index (χ2v) is 10.2. The van der Waals surface area contributed by atoms with Crippen LogP contribution in [0.1, 0.15) is 17.7 Å². The normalized spacial score (nSPS) is 19.5. The van der Waals surface area contributed by atoms with E-state index in [1.165, 1.54) is 11.3 Å². The van der Waals surface area contributed by atoms with Gasteiger partial charge in [0.2, 0.25) is 5.91 Å². The molecule has 1 saturated heterocycles. The number of carbonyl (C=O) groups excluding carboxylic acids is 1. The van der Waals surface area contributed by atoms with Crippen molar-refractivity contribution >= 4 is 43.5 Å². The largest absolute Gasteiger partial charge is 0.375 e. The first-order valence-corrected chi connectivity index (χ1v) is 11.1. The molecule has 6 nitrogen and oxygen atoms in total. The van der Waals surface area contributed by atoms with Gasteiger partial charge in [0.05, 0.1) is 22.1 Å². The topological polar surface area (TPSA) is 93.4 Å². The zero-order valence-electron chi connectivity index (χ0n) is 13.3. The second-order valence-electron chi connectivity index (χ2n) is 5.86. The third-order valence-corrected chi connectivity index (χ3v) is 7.76. The molecule has 0 radical (unpaired) electrons. The molecule has 1 unspecified atom stereocenters. The molecule has 1 aliphatic rings. The van der Waals surface area contributed by atoms with E-state index in [4.69, 9.17) is 5.73 Å². The van der Waals surface area contributed by atoms with Crippen LogP contribution in [0.15, 0.2) is 17.5 Å². The van der Waals surface area contributed by atoms with Crippen molar-refractivity contribution in [3.05, 3.63) is 22.4 Å². The zero-order valence-corrected chi connectivity index (χ0v) is 15.7. The first-order valence-electron chi connectivity index (χ1n) is 7.61. The number of aryl methyl sites for hydroxylation is 1. The van der Waals surface area contributed by atoms with Gasteiger partial charge in [-0.05, 0) is 24.3 Å². The van der Waals surface area contributed by atoms with Gasteiger partial charge in [0, 0.05) is 24.4 Å². The molecule has 1 atom stereocenters. The number of hydrogen-bond donors (Lipinski definition) is 1. The van der Waals surface area contributed by atoms with Crippen molar-refractivity contribution in [2.24, 2.45) is 0 Å². The first-order chi connectivity index (χ1) is 11.4. The lowest BCUT2D eigenvalue weighted by molar-refractivity contribution is -0.131. The Labute approximate surface area is 149 Å². The van der Waals surface area contributed by atoms with Crippen LogP contribution in [0.5, 0.6) is 0 Å². The Morgan fingerprint density at radius 1 is 1.50 bits per heavy atom. The van der Waals surface area contributed by atoms with E-state index < -0.39 is 9.84 Å². The first kappa shape index (κ1) is 17.4. The number of thiazole rings is 1. The van der Waals surface area contributed by atoms with Gasteiger partial charge in [0.15, 0.2) is 15.0 Å². The number of nitrogens with two attached hydrogens (primary N) is 1. The van der Waals surface area contributed by atoms with Crippen LogP contribution in [-0.2, 0) is 21.1 Å². The molecule has 130 valence electrons. The molecule has 0 aromatic carbocycles. The van der Waals surface area contributed by atoms with Gasteiger partial charge in [0.25, 0.3) is 0 Å². The summed E-state index contributed by atoms with van der Waals surface area (Å²) in [5, 5.41) is 2.48. The second kappa shape index (κ2) is 6.81. The number of carbonyl (C=O) groups is 1. The van der Waals surface area contributed by atoms with Crippen LogP contribution in [0.3, 0.4) is 0 Å². The maximum Gasteiger partial charge on any atom is 0.222 e. The van der Waals surface area contributed by atoms with E-state index in [0.29, 0.717) is 24.4 Å². The number of nitrogens with zero attached hydrogens (tertiary/aromatic N) is 2. The number of aromatic nitrogens is 1. The van der Waals surface area contributed by atoms with Crippen molar-refractivity contribution in [1.29, 1.82) is 0 Å².